The van der Waals surface area contributed by atoms with Gasteiger partial charge in [-0.1, -0.05) is 29.8 Å². The van der Waals surface area contributed by atoms with Gasteiger partial charge < -0.3 is 10.2 Å². The van der Waals surface area contributed by atoms with E-state index in [0.29, 0.717) is 10.7 Å². The SMILES string of the molecule is Cc1ccc(Cl)cc1NC(=O)[C@@H]1CC(=O)N(c2ccccc2F)C1. The molecule has 1 aliphatic rings. The maximum absolute atomic E-state index is 13.9. The number of hydrogen-bond acceptors (Lipinski definition) is 2. The van der Waals surface area contributed by atoms with Gasteiger partial charge in [-0.15, -0.1) is 0 Å². The monoisotopic (exact) mass is 346 g/mol. The molecule has 24 heavy (non-hydrogen) atoms. The number of rotatable bonds is 3. The van der Waals surface area contributed by atoms with Crippen molar-refractivity contribution in [1.29, 1.82) is 0 Å². The fourth-order valence-electron chi connectivity index (χ4n) is 2.75. The molecule has 4 nitrogen and oxygen atoms in total. The zero-order valence-corrected chi connectivity index (χ0v) is 13.8. The molecule has 1 saturated heterocycles. The van der Waals surface area contributed by atoms with E-state index in [-0.39, 0.29) is 30.5 Å². The standard InChI is InChI=1S/C18H16ClFN2O2/c1-11-6-7-13(19)9-15(11)21-18(24)12-8-17(23)22(10-12)16-5-3-2-4-14(16)20/h2-7,9,12H,8,10H2,1H3,(H,21,24)/t12-/m1/s1. The number of halogens is 2. The molecule has 0 spiro atoms. The first-order valence-corrected chi connectivity index (χ1v) is 7.95. The molecule has 0 bridgehead atoms. The number of carbonyl (C=O) groups excluding carboxylic acids is 2. The number of anilines is 2. The summed E-state index contributed by atoms with van der Waals surface area (Å²) in [6, 6.07) is 11.3. The summed E-state index contributed by atoms with van der Waals surface area (Å²) in [5, 5.41) is 3.32. The summed E-state index contributed by atoms with van der Waals surface area (Å²) < 4.78 is 13.9. The van der Waals surface area contributed by atoms with E-state index in [0.717, 1.165) is 5.56 Å². The highest BCUT2D eigenvalue weighted by Gasteiger charge is 2.36. The van der Waals surface area contributed by atoms with E-state index in [1.807, 2.05) is 13.0 Å². The molecule has 6 heteroatoms. The Morgan fingerprint density at radius 3 is 2.79 bits per heavy atom. The smallest absolute Gasteiger partial charge is 0.229 e. The van der Waals surface area contributed by atoms with Crippen LogP contribution in [0, 0.1) is 18.7 Å². The van der Waals surface area contributed by atoms with Crippen molar-refractivity contribution in [3.8, 4) is 0 Å². The lowest BCUT2D eigenvalue weighted by atomic mass is 10.1. The second-order valence-corrected chi connectivity index (χ2v) is 6.24. The minimum absolute atomic E-state index is 0.0553. The summed E-state index contributed by atoms with van der Waals surface area (Å²) in [5.74, 6) is -1.54. The first kappa shape index (κ1) is 16.5. The van der Waals surface area contributed by atoms with E-state index >= 15 is 0 Å². The number of nitrogens with zero attached hydrogens (tertiary/aromatic N) is 1. The molecule has 1 atom stereocenters. The van der Waals surface area contributed by atoms with Gasteiger partial charge in [0, 0.05) is 23.7 Å². The third-order valence-electron chi connectivity index (χ3n) is 4.10. The topological polar surface area (TPSA) is 49.4 Å². The van der Waals surface area contributed by atoms with Crippen LogP contribution >= 0.6 is 11.6 Å². The molecule has 2 aromatic carbocycles. The van der Waals surface area contributed by atoms with Gasteiger partial charge >= 0.3 is 0 Å². The van der Waals surface area contributed by atoms with Gasteiger partial charge in [-0.05, 0) is 36.8 Å². The summed E-state index contributed by atoms with van der Waals surface area (Å²) >= 11 is 5.95. The molecule has 1 heterocycles. The fraction of sp³-hybridized carbons (Fsp3) is 0.222. The molecule has 0 aliphatic carbocycles. The molecule has 0 unspecified atom stereocenters. The second kappa shape index (κ2) is 6.61. The maximum atomic E-state index is 13.9. The Bertz CT molecular complexity index is 809. The van der Waals surface area contributed by atoms with Crippen molar-refractivity contribution in [3.63, 3.8) is 0 Å². The molecule has 0 saturated carbocycles. The lowest BCUT2D eigenvalue weighted by molar-refractivity contribution is -0.122. The van der Waals surface area contributed by atoms with Gasteiger partial charge in [0.25, 0.3) is 0 Å². The molecule has 2 amide bonds. The number of hydrogen-bond donors (Lipinski definition) is 1. The zero-order chi connectivity index (χ0) is 17.3. The second-order valence-electron chi connectivity index (χ2n) is 5.81. The molecule has 3 rings (SSSR count). The number of aryl methyl sites for hydroxylation is 1. The highest BCUT2D eigenvalue weighted by Crippen LogP contribution is 2.28. The lowest BCUT2D eigenvalue weighted by Crippen LogP contribution is -2.28. The van der Waals surface area contributed by atoms with Gasteiger partial charge in [-0.25, -0.2) is 4.39 Å². The van der Waals surface area contributed by atoms with Crippen molar-refractivity contribution >= 4 is 34.8 Å². The Labute approximate surface area is 144 Å². The van der Waals surface area contributed by atoms with Gasteiger partial charge in [0.05, 0.1) is 11.6 Å². The molecule has 1 N–H and O–H groups in total. The molecule has 124 valence electrons. The lowest BCUT2D eigenvalue weighted by Gasteiger charge is -2.17. The largest absolute Gasteiger partial charge is 0.325 e. The van der Waals surface area contributed by atoms with Gasteiger partial charge in [0.2, 0.25) is 11.8 Å². The number of nitrogens with one attached hydrogen (secondary N) is 1. The summed E-state index contributed by atoms with van der Waals surface area (Å²) in [5.41, 5.74) is 1.70. The predicted octanol–water partition coefficient (Wildman–Crippen LogP) is 3.78. The van der Waals surface area contributed by atoms with Crippen LogP contribution in [-0.4, -0.2) is 18.4 Å². The van der Waals surface area contributed by atoms with Crippen molar-refractivity contribution in [2.75, 3.05) is 16.8 Å². The van der Waals surface area contributed by atoms with Crippen molar-refractivity contribution in [2.24, 2.45) is 5.92 Å². The van der Waals surface area contributed by atoms with Crippen LogP contribution in [-0.2, 0) is 9.59 Å². The van der Waals surface area contributed by atoms with Gasteiger partial charge in [0.1, 0.15) is 5.82 Å². The third kappa shape index (κ3) is 3.26. The van der Waals surface area contributed by atoms with Crippen LogP contribution in [0.15, 0.2) is 42.5 Å². The third-order valence-corrected chi connectivity index (χ3v) is 4.33. The average molecular weight is 347 g/mol. The van der Waals surface area contributed by atoms with E-state index in [1.165, 1.54) is 17.0 Å². The van der Waals surface area contributed by atoms with Gasteiger partial charge in [-0.3, -0.25) is 9.59 Å². The highest BCUT2D eigenvalue weighted by atomic mass is 35.5. The minimum Gasteiger partial charge on any atom is -0.325 e. The van der Waals surface area contributed by atoms with E-state index in [4.69, 9.17) is 11.6 Å². The Morgan fingerprint density at radius 2 is 2.04 bits per heavy atom. The number of benzene rings is 2. The van der Waals surface area contributed by atoms with E-state index in [9.17, 15) is 14.0 Å². The molecular formula is C18H16ClFN2O2. The van der Waals surface area contributed by atoms with Crippen LogP contribution in [0.2, 0.25) is 5.02 Å². The first-order valence-electron chi connectivity index (χ1n) is 7.57. The predicted molar refractivity (Wildman–Crippen MR) is 91.7 cm³/mol. The van der Waals surface area contributed by atoms with Crippen LogP contribution in [0.25, 0.3) is 0 Å². The Kier molecular flexibility index (Phi) is 4.53. The summed E-state index contributed by atoms with van der Waals surface area (Å²) in [4.78, 5) is 26.0. The highest BCUT2D eigenvalue weighted by molar-refractivity contribution is 6.31. The van der Waals surface area contributed by atoms with Crippen LogP contribution in [0.3, 0.4) is 0 Å². The van der Waals surface area contributed by atoms with E-state index in [1.54, 1.807) is 24.3 Å². The van der Waals surface area contributed by atoms with Crippen molar-refractivity contribution < 1.29 is 14.0 Å². The Morgan fingerprint density at radius 1 is 1.29 bits per heavy atom. The first-order chi connectivity index (χ1) is 11.5. The summed E-state index contributed by atoms with van der Waals surface area (Å²) in [6.07, 6.45) is 0.0553. The summed E-state index contributed by atoms with van der Waals surface area (Å²) in [6.45, 7) is 2.02. The quantitative estimate of drug-likeness (QED) is 0.919. The fourth-order valence-corrected chi connectivity index (χ4v) is 2.92. The van der Waals surface area contributed by atoms with Gasteiger partial charge in [0.15, 0.2) is 0 Å². The van der Waals surface area contributed by atoms with Crippen LogP contribution in [0.1, 0.15) is 12.0 Å². The molecular weight excluding hydrogens is 331 g/mol. The van der Waals surface area contributed by atoms with Gasteiger partial charge in [-0.2, -0.15) is 0 Å². The molecule has 1 fully saturated rings. The van der Waals surface area contributed by atoms with Crippen molar-refractivity contribution in [3.05, 3.63) is 58.9 Å². The van der Waals surface area contributed by atoms with E-state index in [2.05, 4.69) is 5.32 Å². The van der Waals surface area contributed by atoms with Crippen LogP contribution in [0.5, 0.6) is 0 Å². The Balaban J connectivity index is 1.75. The molecule has 0 radical (unpaired) electrons. The molecule has 1 aliphatic heterocycles. The normalized spacial score (nSPS) is 17.2. The molecule has 2 aromatic rings. The van der Waals surface area contributed by atoms with E-state index < -0.39 is 11.7 Å². The number of carbonyl (C=O) groups is 2. The number of para-hydroxylation sites is 1. The maximum Gasteiger partial charge on any atom is 0.229 e. The Hall–Kier alpha value is -2.40. The van der Waals surface area contributed by atoms with Crippen LogP contribution in [0.4, 0.5) is 15.8 Å². The average Bonchev–Trinajstić information content (AvgIpc) is 2.93. The summed E-state index contributed by atoms with van der Waals surface area (Å²) in [7, 11) is 0. The van der Waals surface area contributed by atoms with Crippen molar-refractivity contribution in [1.82, 2.24) is 0 Å². The minimum atomic E-state index is -0.532. The van der Waals surface area contributed by atoms with Crippen LogP contribution < -0.4 is 10.2 Å². The zero-order valence-electron chi connectivity index (χ0n) is 13.1. The number of amides is 2. The van der Waals surface area contributed by atoms with Crippen molar-refractivity contribution in [2.45, 2.75) is 13.3 Å². The molecule has 0 aromatic heterocycles.